The molecule has 16 heavy (non-hydrogen) atoms. The summed E-state index contributed by atoms with van der Waals surface area (Å²) in [4.78, 5) is 11.9. The summed E-state index contributed by atoms with van der Waals surface area (Å²) < 4.78 is 1.27. The average molecular weight is 279 g/mol. The molecule has 1 atom stereocenters. The van der Waals surface area contributed by atoms with Crippen molar-refractivity contribution < 1.29 is 4.79 Å². The predicted molar refractivity (Wildman–Crippen MR) is 68.4 cm³/mol. The van der Waals surface area contributed by atoms with Crippen LogP contribution in [0.4, 0.5) is 0 Å². The maximum atomic E-state index is 11.9. The van der Waals surface area contributed by atoms with Gasteiger partial charge in [-0.15, -0.1) is 0 Å². The number of hydrogen-bond donors (Lipinski definition) is 0. The van der Waals surface area contributed by atoms with Crippen LogP contribution in [0.2, 0.25) is 5.32 Å². The van der Waals surface area contributed by atoms with Crippen molar-refractivity contribution in [2.24, 2.45) is 5.92 Å². The Balaban J connectivity index is 2.28. The van der Waals surface area contributed by atoms with Crippen molar-refractivity contribution in [2.45, 2.75) is 25.1 Å². The molecule has 1 unspecified atom stereocenters. The Bertz CT molecular complexity index is 394. The molecule has 1 aromatic rings. The van der Waals surface area contributed by atoms with Gasteiger partial charge in [0.2, 0.25) is 0 Å². The van der Waals surface area contributed by atoms with E-state index < -0.39 is 0 Å². The minimum absolute atomic E-state index is 0.204. The van der Waals surface area contributed by atoms with Crippen molar-refractivity contribution in [3.63, 3.8) is 0 Å². The first-order chi connectivity index (χ1) is 7.77. The Kier molecular flexibility index (Phi) is 3.98. The molecule has 0 saturated heterocycles. The number of hydrogen-bond acceptors (Lipinski definition) is 1. The van der Waals surface area contributed by atoms with Gasteiger partial charge in [0, 0.05) is 0 Å². The van der Waals surface area contributed by atoms with E-state index in [-0.39, 0.29) is 5.92 Å². The second-order valence-corrected chi connectivity index (χ2v) is 6.55. The van der Waals surface area contributed by atoms with Crippen LogP contribution in [0, 0.1) is 5.92 Å². The Morgan fingerprint density at radius 1 is 1.25 bits per heavy atom. The van der Waals surface area contributed by atoms with Crippen molar-refractivity contribution in [3.8, 4) is 0 Å². The fourth-order valence-corrected chi connectivity index (χ4v) is 3.96. The van der Waals surface area contributed by atoms with Crippen molar-refractivity contribution in [3.05, 3.63) is 42.0 Å². The summed E-state index contributed by atoms with van der Waals surface area (Å²) in [6.07, 6.45) is 4.13. The molecule has 0 aliphatic carbocycles. The molecule has 0 fully saturated rings. The third kappa shape index (κ3) is 2.84. The van der Waals surface area contributed by atoms with E-state index in [0.29, 0.717) is 20.7 Å². The van der Waals surface area contributed by atoms with Gasteiger partial charge in [0.05, 0.1) is 0 Å². The molecule has 0 radical (unpaired) electrons. The Labute approximate surface area is 103 Å². The van der Waals surface area contributed by atoms with E-state index >= 15 is 0 Å². The number of rotatable bonds is 1. The molecule has 0 N–H and O–H groups in total. The maximum absolute atomic E-state index is 11.9. The molecule has 2 heteroatoms. The topological polar surface area (TPSA) is 17.1 Å². The van der Waals surface area contributed by atoms with E-state index in [1.54, 1.807) is 0 Å². The fourth-order valence-electron chi connectivity index (χ4n) is 1.80. The van der Waals surface area contributed by atoms with Crippen molar-refractivity contribution in [2.75, 3.05) is 0 Å². The summed E-state index contributed by atoms with van der Waals surface area (Å²) in [5.41, 5.74) is 1.23. The fraction of sp³-hybridized carbons (Fsp3) is 0.357. The molecule has 2 rings (SSSR count). The molecule has 0 bridgehead atoms. The van der Waals surface area contributed by atoms with Crippen molar-refractivity contribution in [1.29, 1.82) is 0 Å². The van der Waals surface area contributed by atoms with Crippen LogP contribution >= 0.6 is 0 Å². The van der Waals surface area contributed by atoms with E-state index in [4.69, 9.17) is 0 Å². The zero-order chi connectivity index (χ0) is 11.4. The molecule has 0 spiro atoms. The molecule has 0 aromatic heterocycles. The zero-order valence-electron chi connectivity index (χ0n) is 9.48. The molecule has 1 heterocycles. The number of carbonyl (C=O) groups is 1. The first kappa shape index (κ1) is 11.6. The van der Waals surface area contributed by atoms with Gasteiger partial charge in [-0.2, -0.15) is 0 Å². The zero-order valence-corrected chi connectivity index (χ0v) is 11.2. The van der Waals surface area contributed by atoms with Crippen LogP contribution < -0.4 is 0 Å². The van der Waals surface area contributed by atoms with Gasteiger partial charge in [0.25, 0.3) is 0 Å². The third-order valence-electron chi connectivity index (χ3n) is 2.86. The molecular weight excluding hydrogens is 263 g/mol. The Hall–Kier alpha value is -0.851. The predicted octanol–water partition coefficient (Wildman–Crippen LogP) is 3.15. The van der Waals surface area contributed by atoms with Gasteiger partial charge in [-0.3, -0.25) is 0 Å². The van der Waals surface area contributed by atoms with Gasteiger partial charge in [-0.1, -0.05) is 0 Å². The molecule has 0 amide bonds. The molecule has 1 aliphatic rings. The molecule has 1 nitrogen and oxygen atoms in total. The standard InChI is InChI=1S/C14H16OSe/c1-11-6-5-9-16-14(10-13(11)15)12-7-3-2-4-8-12/h2-4,7-8,10-11H,5-6,9H2,1H3/b14-10-. The first-order valence-electron chi connectivity index (χ1n) is 5.71. The van der Waals surface area contributed by atoms with Gasteiger partial charge >= 0.3 is 103 Å². The van der Waals surface area contributed by atoms with Crippen LogP contribution in [0.25, 0.3) is 4.47 Å². The van der Waals surface area contributed by atoms with E-state index in [1.165, 1.54) is 21.8 Å². The van der Waals surface area contributed by atoms with E-state index in [9.17, 15) is 4.79 Å². The van der Waals surface area contributed by atoms with Crippen LogP contribution in [0.1, 0.15) is 25.3 Å². The molecule has 1 aliphatic heterocycles. The summed E-state index contributed by atoms with van der Waals surface area (Å²) in [6.45, 7) is 2.04. The van der Waals surface area contributed by atoms with E-state index in [0.717, 1.165) is 6.42 Å². The van der Waals surface area contributed by atoms with Crippen LogP contribution in [0.5, 0.6) is 0 Å². The summed E-state index contributed by atoms with van der Waals surface area (Å²) in [5.74, 6) is 0.509. The summed E-state index contributed by atoms with van der Waals surface area (Å²) in [5, 5.41) is 1.26. The Morgan fingerprint density at radius 2 is 2.00 bits per heavy atom. The number of ketones is 1. The summed E-state index contributed by atoms with van der Waals surface area (Å²) >= 11 is 0.456. The summed E-state index contributed by atoms with van der Waals surface area (Å²) in [6, 6.07) is 10.3. The second-order valence-electron chi connectivity index (χ2n) is 4.17. The van der Waals surface area contributed by atoms with Gasteiger partial charge in [-0.05, 0) is 0 Å². The van der Waals surface area contributed by atoms with Gasteiger partial charge in [0.15, 0.2) is 0 Å². The van der Waals surface area contributed by atoms with Crippen molar-refractivity contribution >= 4 is 25.2 Å². The van der Waals surface area contributed by atoms with Crippen LogP contribution in [0.15, 0.2) is 36.4 Å². The average Bonchev–Trinajstić information content (AvgIpc) is 2.31. The Morgan fingerprint density at radius 3 is 2.75 bits per heavy atom. The normalized spacial score (nSPS) is 25.4. The SMILES string of the molecule is CC1CCC[Se]/C(c2ccccc2)=C\C1=O. The van der Waals surface area contributed by atoms with Crippen LogP contribution in [-0.4, -0.2) is 20.7 Å². The van der Waals surface area contributed by atoms with Gasteiger partial charge in [-0.25, -0.2) is 0 Å². The van der Waals surface area contributed by atoms with Crippen molar-refractivity contribution in [1.82, 2.24) is 0 Å². The molecular formula is C14H16OSe. The van der Waals surface area contributed by atoms with Gasteiger partial charge in [0.1, 0.15) is 0 Å². The molecule has 84 valence electrons. The molecule has 0 saturated carbocycles. The monoisotopic (exact) mass is 280 g/mol. The minimum atomic E-state index is 0.204. The number of benzene rings is 1. The van der Waals surface area contributed by atoms with Gasteiger partial charge < -0.3 is 0 Å². The van der Waals surface area contributed by atoms with Crippen LogP contribution in [-0.2, 0) is 4.79 Å². The van der Waals surface area contributed by atoms with E-state index in [1.807, 2.05) is 31.2 Å². The quantitative estimate of drug-likeness (QED) is 0.722. The van der Waals surface area contributed by atoms with E-state index in [2.05, 4.69) is 12.1 Å². The first-order valence-corrected chi connectivity index (χ1v) is 7.78. The van der Waals surface area contributed by atoms with Crippen LogP contribution in [0.3, 0.4) is 0 Å². The number of allylic oxidation sites excluding steroid dienone is 1. The summed E-state index contributed by atoms with van der Waals surface area (Å²) in [7, 11) is 0. The molecule has 1 aromatic carbocycles. The number of carbonyl (C=O) groups excluding carboxylic acids is 1. The second kappa shape index (κ2) is 5.47. The third-order valence-corrected chi connectivity index (χ3v) is 5.28.